The number of anilines is 2. The van der Waals surface area contributed by atoms with Gasteiger partial charge in [-0.1, -0.05) is 30.7 Å². The van der Waals surface area contributed by atoms with Crippen LogP contribution in [-0.2, 0) is 6.42 Å². The lowest BCUT2D eigenvalue weighted by Gasteiger charge is -2.11. The van der Waals surface area contributed by atoms with Crippen molar-refractivity contribution in [3.63, 3.8) is 0 Å². The van der Waals surface area contributed by atoms with Gasteiger partial charge in [0.15, 0.2) is 0 Å². The lowest BCUT2D eigenvalue weighted by atomic mass is 10.0. The minimum atomic E-state index is 0.456. The zero-order valence-electron chi connectivity index (χ0n) is 9.57. The van der Waals surface area contributed by atoms with Gasteiger partial charge < -0.3 is 11.5 Å². The molecule has 0 spiro atoms. The summed E-state index contributed by atoms with van der Waals surface area (Å²) in [6.07, 6.45) is 0.785. The lowest BCUT2D eigenvalue weighted by Crippen LogP contribution is -2.02. The van der Waals surface area contributed by atoms with E-state index in [-0.39, 0.29) is 0 Å². The number of hydrogen-bond acceptors (Lipinski definition) is 3. The van der Waals surface area contributed by atoms with Crippen LogP contribution in [0.4, 0.5) is 11.5 Å². The van der Waals surface area contributed by atoms with E-state index >= 15 is 0 Å². The monoisotopic (exact) mass is 247 g/mol. The van der Waals surface area contributed by atoms with E-state index in [2.05, 4.69) is 4.98 Å². The van der Waals surface area contributed by atoms with Gasteiger partial charge >= 0.3 is 0 Å². The van der Waals surface area contributed by atoms with Crippen molar-refractivity contribution in [1.29, 1.82) is 0 Å². The summed E-state index contributed by atoms with van der Waals surface area (Å²) < 4.78 is 0. The third kappa shape index (κ3) is 2.34. The van der Waals surface area contributed by atoms with Crippen LogP contribution >= 0.6 is 11.6 Å². The highest BCUT2D eigenvalue weighted by molar-refractivity contribution is 6.30. The highest BCUT2D eigenvalue weighted by Gasteiger charge is 2.10. The molecule has 88 valence electrons. The number of halogens is 1. The molecule has 0 aliphatic rings. The van der Waals surface area contributed by atoms with Crippen LogP contribution < -0.4 is 11.5 Å². The Labute approximate surface area is 105 Å². The Balaban J connectivity index is 2.61. The van der Waals surface area contributed by atoms with Crippen molar-refractivity contribution in [3.8, 4) is 11.1 Å². The fourth-order valence-corrected chi connectivity index (χ4v) is 1.97. The Morgan fingerprint density at radius 2 is 1.82 bits per heavy atom. The average Bonchev–Trinajstić information content (AvgIpc) is 2.30. The molecule has 0 aliphatic carbocycles. The Hall–Kier alpha value is -1.74. The van der Waals surface area contributed by atoms with Crippen molar-refractivity contribution in [3.05, 3.63) is 41.0 Å². The van der Waals surface area contributed by atoms with Gasteiger partial charge in [0.25, 0.3) is 0 Å². The maximum absolute atomic E-state index is 6.01. The molecule has 17 heavy (non-hydrogen) atoms. The molecule has 0 unspecified atom stereocenters. The van der Waals surface area contributed by atoms with Crippen molar-refractivity contribution in [2.24, 2.45) is 0 Å². The Kier molecular flexibility index (Phi) is 3.20. The molecule has 1 aromatic heterocycles. The molecule has 0 saturated heterocycles. The summed E-state index contributed by atoms with van der Waals surface area (Å²) in [5.74, 6) is 0.456. The smallest absolute Gasteiger partial charge is 0.125 e. The molecule has 0 saturated carbocycles. The highest BCUT2D eigenvalue weighted by Crippen LogP contribution is 2.31. The van der Waals surface area contributed by atoms with Gasteiger partial charge in [0.1, 0.15) is 5.82 Å². The zero-order chi connectivity index (χ0) is 12.4. The molecule has 3 nitrogen and oxygen atoms in total. The van der Waals surface area contributed by atoms with Gasteiger partial charge in [-0.15, -0.1) is 0 Å². The van der Waals surface area contributed by atoms with Crippen LogP contribution in [0, 0.1) is 0 Å². The molecular formula is C13H14ClN3. The van der Waals surface area contributed by atoms with Gasteiger partial charge in [0.05, 0.1) is 5.69 Å². The number of pyridine rings is 1. The van der Waals surface area contributed by atoms with Gasteiger partial charge in [-0.3, -0.25) is 0 Å². The molecule has 0 radical (unpaired) electrons. The first-order valence-corrected chi connectivity index (χ1v) is 5.80. The third-order valence-corrected chi connectivity index (χ3v) is 2.86. The number of nitrogens with zero attached hydrogens (tertiary/aromatic N) is 1. The average molecular weight is 248 g/mol. The van der Waals surface area contributed by atoms with Crippen LogP contribution in [0.3, 0.4) is 0 Å². The first-order valence-electron chi connectivity index (χ1n) is 5.42. The SMILES string of the molecule is CCc1nc(N)cc(N)c1-c1ccc(Cl)cc1. The molecule has 0 amide bonds. The third-order valence-electron chi connectivity index (χ3n) is 2.61. The van der Waals surface area contributed by atoms with E-state index in [1.165, 1.54) is 0 Å². The molecule has 0 fully saturated rings. The van der Waals surface area contributed by atoms with E-state index in [1.807, 2.05) is 31.2 Å². The van der Waals surface area contributed by atoms with Gasteiger partial charge in [-0.05, 0) is 24.1 Å². The second-order valence-electron chi connectivity index (χ2n) is 3.82. The fraction of sp³-hybridized carbons (Fsp3) is 0.154. The maximum atomic E-state index is 6.01. The van der Waals surface area contributed by atoms with E-state index in [4.69, 9.17) is 23.1 Å². The van der Waals surface area contributed by atoms with Crippen molar-refractivity contribution in [2.75, 3.05) is 11.5 Å². The summed E-state index contributed by atoms with van der Waals surface area (Å²) in [7, 11) is 0. The summed E-state index contributed by atoms with van der Waals surface area (Å²) in [4.78, 5) is 4.32. The molecular weight excluding hydrogens is 234 g/mol. The Morgan fingerprint density at radius 1 is 1.18 bits per heavy atom. The van der Waals surface area contributed by atoms with Crippen LogP contribution in [0.15, 0.2) is 30.3 Å². The second-order valence-corrected chi connectivity index (χ2v) is 4.25. The summed E-state index contributed by atoms with van der Waals surface area (Å²) in [6.45, 7) is 2.03. The molecule has 0 bridgehead atoms. The first kappa shape index (κ1) is 11.7. The number of nitrogen functional groups attached to an aromatic ring is 2. The van der Waals surface area contributed by atoms with Gasteiger partial charge in [-0.2, -0.15) is 0 Å². The molecule has 0 atom stereocenters. The van der Waals surface area contributed by atoms with Crippen molar-refractivity contribution in [2.45, 2.75) is 13.3 Å². The first-order chi connectivity index (χ1) is 8.11. The molecule has 4 N–H and O–H groups in total. The number of nitrogens with two attached hydrogens (primary N) is 2. The topological polar surface area (TPSA) is 64.9 Å². The number of benzene rings is 1. The summed E-state index contributed by atoms with van der Waals surface area (Å²) in [5, 5.41) is 0.703. The van der Waals surface area contributed by atoms with Crippen molar-refractivity contribution >= 4 is 23.1 Å². The zero-order valence-corrected chi connectivity index (χ0v) is 10.3. The molecule has 0 aliphatic heterocycles. The van der Waals surface area contributed by atoms with E-state index in [0.29, 0.717) is 16.5 Å². The number of hydrogen-bond donors (Lipinski definition) is 2. The van der Waals surface area contributed by atoms with Gasteiger partial charge in [0.2, 0.25) is 0 Å². The standard InChI is InChI=1S/C13H14ClN3/c1-2-11-13(10(15)7-12(16)17-11)8-3-5-9(14)6-4-8/h3-7H,2H2,1H3,(H4,15,16,17). The minimum Gasteiger partial charge on any atom is -0.398 e. The van der Waals surface area contributed by atoms with Crippen molar-refractivity contribution in [1.82, 2.24) is 4.98 Å². The van der Waals surface area contributed by atoms with E-state index in [9.17, 15) is 0 Å². The number of aryl methyl sites for hydroxylation is 1. The van der Waals surface area contributed by atoms with Gasteiger partial charge in [0, 0.05) is 22.3 Å². The van der Waals surface area contributed by atoms with E-state index in [1.54, 1.807) is 6.07 Å². The normalized spacial score (nSPS) is 10.5. The van der Waals surface area contributed by atoms with Gasteiger partial charge in [-0.25, -0.2) is 4.98 Å². The molecule has 1 heterocycles. The summed E-state index contributed by atoms with van der Waals surface area (Å²) >= 11 is 5.87. The largest absolute Gasteiger partial charge is 0.398 e. The molecule has 2 rings (SSSR count). The van der Waals surface area contributed by atoms with Crippen LogP contribution in [-0.4, -0.2) is 4.98 Å². The Morgan fingerprint density at radius 3 is 2.41 bits per heavy atom. The second kappa shape index (κ2) is 4.63. The number of rotatable bonds is 2. The highest BCUT2D eigenvalue weighted by atomic mass is 35.5. The minimum absolute atomic E-state index is 0.456. The van der Waals surface area contributed by atoms with Crippen molar-refractivity contribution < 1.29 is 0 Å². The predicted octanol–water partition coefficient (Wildman–Crippen LogP) is 3.13. The van der Waals surface area contributed by atoms with Crippen LogP contribution in [0.2, 0.25) is 5.02 Å². The molecule has 2 aromatic rings. The number of aromatic nitrogens is 1. The predicted molar refractivity (Wildman–Crippen MR) is 72.9 cm³/mol. The fourth-order valence-electron chi connectivity index (χ4n) is 1.85. The van der Waals surface area contributed by atoms with E-state index < -0.39 is 0 Å². The molecule has 4 heteroatoms. The summed E-state index contributed by atoms with van der Waals surface area (Å²) in [6, 6.07) is 9.23. The van der Waals surface area contributed by atoms with Crippen LogP contribution in [0.1, 0.15) is 12.6 Å². The lowest BCUT2D eigenvalue weighted by molar-refractivity contribution is 1.05. The molecule has 1 aromatic carbocycles. The maximum Gasteiger partial charge on any atom is 0.125 e. The quantitative estimate of drug-likeness (QED) is 0.857. The Bertz CT molecular complexity index is 535. The van der Waals surface area contributed by atoms with Crippen LogP contribution in [0.5, 0.6) is 0 Å². The van der Waals surface area contributed by atoms with E-state index in [0.717, 1.165) is 23.2 Å². The van der Waals surface area contributed by atoms with Crippen LogP contribution in [0.25, 0.3) is 11.1 Å². The summed E-state index contributed by atoms with van der Waals surface area (Å²) in [5.41, 5.74) is 15.2.